The molecule has 8 nitrogen and oxygen atoms in total. The molecule has 0 unspecified atom stereocenters. The van der Waals surface area contributed by atoms with Crippen LogP contribution in [-0.4, -0.2) is 67.7 Å². The molecule has 2 aromatic heterocycles. The normalized spacial score (nSPS) is 17.2. The number of aromatic amines is 1. The second-order valence-corrected chi connectivity index (χ2v) is 9.53. The Balaban J connectivity index is 1.90. The summed E-state index contributed by atoms with van der Waals surface area (Å²) in [5, 5.41) is 14.0. The lowest BCUT2D eigenvalue weighted by molar-refractivity contribution is 0.105. The van der Waals surface area contributed by atoms with Crippen molar-refractivity contribution in [3.8, 4) is 0 Å². The number of hydrogen-bond acceptors (Lipinski definition) is 6. The molecule has 1 atom stereocenters. The molecule has 0 aliphatic carbocycles. The van der Waals surface area contributed by atoms with Crippen molar-refractivity contribution in [2.24, 2.45) is 0 Å². The maximum atomic E-state index is 13.5. The first-order valence-corrected chi connectivity index (χ1v) is 11.6. The number of H-pyrrole nitrogens is 1. The maximum absolute atomic E-state index is 13.5. The third-order valence-corrected chi connectivity index (χ3v) is 7.16. The Hall–Kier alpha value is -2.58. The van der Waals surface area contributed by atoms with E-state index in [9.17, 15) is 4.79 Å². The summed E-state index contributed by atoms with van der Waals surface area (Å²) >= 11 is 0. The van der Waals surface area contributed by atoms with Crippen LogP contribution in [0.25, 0.3) is 10.9 Å². The maximum Gasteiger partial charge on any atom is 0.253 e. The minimum atomic E-state index is -0.303. The zero-order valence-electron chi connectivity index (χ0n) is 20.1. The molecular weight excluding hydrogens is 402 g/mol. The van der Waals surface area contributed by atoms with E-state index in [1.807, 2.05) is 11.6 Å². The van der Waals surface area contributed by atoms with Gasteiger partial charge in [-0.3, -0.25) is 9.69 Å². The van der Waals surface area contributed by atoms with Crippen LogP contribution in [0.1, 0.15) is 62.7 Å². The Labute approximate surface area is 189 Å². The standard InChI is InChI=1S/C24H35N7O/c1-7-24(5,6)31-22(26-27-28-31)21(30-13-11-29(8-2)12-14-30)19-15-18-16(3)9-10-17(4)20(18)25-23(19)32/h9-10,15,21H,7-8,11-14H2,1-6H3,(H,25,32)/t21-/m0/s1. The van der Waals surface area contributed by atoms with Crippen molar-refractivity contribution in [2.75, 3.05) is 32.7 Å². The van der Waals surface area contributed by atoms with Crippen molar-refractivity contribution >= 4 is 10.9 Å². The van der Waals surface area contributed by atoms with Gasteiger partial charge in [0.25, 0.3) is 5.56 Å². The van der Waals surface area contributed by atoms with Crippen molar-refractivity contribution in [3.05, 3.63) is 51.1 Å². The van der Waals surface area contributed by atoms with Crippen molar-refractivity contribution in [1.29, 1.82) is 0 Å². The Morgan fingerprint density at radius 3 is 2.44 bits per heavy atom. The zero-order chi connectivity index (χ0) is 23.0. The van der Waals surface area contributed by atoms with Crippen molar-refractivity contribution < 1.29 is 0 Å². The quantitative estimate of drug-likeness (QED) is 0.638. The lowest BCUT2D eigenvalue weighted by atomic mass is 9.97. The summed E-state index contributed by atoms with van der Waals surface area (Å²) in [6, 6.07) is 5.92. The van der Waals surface area contributed by atoms with Gasteiger partial charge < -0.3 is 9.88 Å². The molecule has 1 N–H and O–H groups in total. The molecule has 3 heterocycles. The number of nitrogens with one attached hydrogen (secondary N) is 1. The fourth-order valence-corrected chi connectivity index (χ4v) is 4.58. The van der Waals surface area contributed by atoms with Gasteiger partial charge in [-0.25, -0.2) is 4.68 Å². The van der Waals surface area contributed by atoms with Gasteiger partial charge in [0, 0.05) is 37.1 Å². The molecular formula is C24H35N7O. The van der Waals surface area contributed by atoms with E-state index in [-0.39, 0.29) is 17.1 Å². The van der Waals surface area contributed by atoms with Crippen LogP contribution in [-0.2, 0) is 5.54 Å². The number of benzene rings is 1. The SMILES string of the molecule is CCN1CCN([C@@H](c2cc3c(C)ccc(C)c3[nH]c2=O)c2nnnn2C(C)(C)CC)CC1. The number of nitrogens with zero attached hydrogens (tertiary/aromatic N) is 6. The number of tetrazole rings is 1. The minimum Gasteiger partial charge on any atom is -0.321 e. The van der Waals surface area contributed by atoms with Crippen LogP contribution in [0.4, 0.5) is 0 Å². The average Bonchev–Trinajstić information content (AvgIpc) is 3.28. The number of piperazine rings is 1. The Morgan fingerprint density at radius 1 is 1.09 bits per heavy atom. The Bertz CT molecular complexity index is 1150. The summed E-state index contributed by atoms with van der Waals surface area (Å²) in [6.45, 7) is 17.4. The van der Waals surface area contributed by atoms with E-state index in [2.05, 4.69) is 83.1 Å². The first-order valence-electron chi connectivity index (χ1n) is 11.6. The number of pyridine rings is 1. The van der Waals surface area contributed by atoms with Crippen LogP contribution in [0.3, 0.4) is 0 Å². The number of fused-ring (bicyclic) bond motifs is 1. The first-order chi connectivity index (χ1) is 15.3. The summed E-state index contributed by atoms with van der Waals surface area (Å²) in [7, 11) is 0. The molecule has 1 fully saturated rings. The van der Waals surface area contributed by atoms with Gasteiger partial charge in [-0.05, 0) is 68.3 Å². The molecule has 0 saturated carbocycles. The van der Waals surface area contributed by atoms with Gasteiger partial charge in [-0.15, -0.1) is 5.10 Å². The molecule has 8 heteroatoms. The molecule has 3 aromatic rings. The van der Waals surface area contributed by atoms with E-state index in [1.54, 1.807) is 0 Å². The van der Waals surface area contributed by atoms with E-state index >= 15 is 0 Å². The third-order valence-electron chi connectivity index (χ3n) is 7.16. The smallest absolute Gasteiger partial charge is 0.253 e. The Morgan fingerprint density at radius 2 is 1.78 bits per heavy atom. The van der Waals surface area contributed by atoms with Gasteiger partial charge >= 0.3 is 0 Å². The first kappa shape index (κ1) is 22.6. The molecule has 1 saturated heterocycles. The second kappa shape index (κ2) is 8.75. The van der Waals surface area contributed by atoms with E-state index < -0.39 is 0 Å². The van der Waals surface area contributed by atoms with E-state index in [4.69, 9.17) is 0 Å². The monoisotopic (exact) mass is 437 g/mol. The van der Waals surface area contributed by atoms with Gasteiger partial charge in [0.15, 0.2) is 5.82 Å². The van der Waals surface area contributed by atoms with Crippen molar-refractivity contribution in [1.82, 2.24) is 35.0 Å². The van der Waals surface area contributed by atoms with Gasteiger partial charge in [0.05, 0.1) is 11.1 Å². The highest BCUT2D eigenvalue weighted by atomic mass is 16.1. The molecule has 32 heavy (non-hydrogen) atoms. The van der Waals surface area contributed by atoms with Gasteiger partial charge in [0.2, 0.25) is 0 Å². The van der Waals surface area contributed by atoms with Crippen LogP contribution in [0.5, 0.6) is 0 Å². The number of aromatic nitrogens is 5. The molecule has 0 spiro atoms. The molecule has 1 aliphatic rings. The summed E-state index contributed by atoms with van der Waals surface area (Å²) in [5.74, 6) is 0.733. The largest absolute Gasteiger partial charge is 0.321 e. The average molecular weight is 438 g/mol. The van der Waals surface area contributed by atoms with Crippen LogP contribution in [0.15, 0.2) is 23.0 Å². The van der Waals surface area contributed by atoms with Crippen molar-refractivity contribution in [2.45, 2.75) is 59.5 Å². The van der Waals surface area contributed by atoms with Gasteiger partial charge in [-0.1, -0.05) is 26.0 Å². The Kier molecular flexibility index (Phi) is 6.18. The van der Waals surface area contributed by atoms with E-state index in [1.165, 1.54) is 0 Å². The molecule has 4 rings (SSSR count). The molecule has 0 radical (unpaired) electrons. The summed E-state index contributed by atoms with van der Waals surface area (Å²) in [4.78, 5) is 21.4. The second-order valence-electron chi connectivity index (χ2n) is 9.53. The summed E-state index contributed by atoms with van der Waals surface area (Å²) in [5.41, 5.74) is 3.50. The summed E-state index contributed by atoms with van der Waals surface area (Å²) < 4.78 is 1.91. The summed E-state index contributed by atoms with van der Waals surface area (Å²) in [6.07, 6.45) is 0.883. The van der Waals surface area contributed by atoms with E-state index in [0.717, 1.165) is 67.0 Å². The predicted molar refractivity (Wildman–Crippen MR) is 127 cm³/mol. The number of aryl methyl sites for hydroxylation is 2. The number of likely N-dealkylation sites (N-methyl/N-ethyl adjacent to an activating group) is 1. The van der Waals surface area contributed by atoms with E-state index in [0.29, 0.717) is 5.56 Å². The fraction of sp³-hybridized carbons (Fsp3) is 0.583. The lowest BCUT2D eigenvalue weighted by Gasteiger charge is -2.39. The molecule has 1 aliphatic heterocycles. The number of hydrogen-bond donors (Lipinski definition) is 1. The lowest BCUT2D eigenvalue weighted by Crippen LogP contribution is -2.49. The van der Waals surface area contributed by atoms with Gasteiger partial charge in [0.1, 0.15) is 6.04 Å². The third kappa shape index (κ3) is 3.97. The molecule has 172 valence electrons. The van der Waals surface area contributed by atoms with Crippen LogP contribution < -0.4 is 5.56 Å². The highest BCUT2D eigenvalue weighted by molar-refractivity contribution is 5.85. The minimum absolute atomic E-state index is 0.0713. The fourth-order valence-electron chi connectivity index (χ4n) is 4.58. The van der Waals surface area contributed by atoms with Gasteiger partial charge in [-0.2, -0.15) is 0 Å². The zero-order valence-corrected chi connectivity index (χ0v) is 20.1. The highest BCUT2D eigenvalue weighted by Crippen LogP contribution is 2.32. The molecule has 0 amide bonds. The number of rotatable bonds is 6. The van der Waals surface area contributed by atoms with Crippen LogP contribution in [0.2, 0.25) is 0 Å². The highest BCUT2D eigenvalue weighted by Gasteiger charge is 2.35. The molecule has 1 aromatic carbocycles. The molecule has 0 bridgehead atoms. The van der Waals surface area contributed by atoms with Crippen molar-refractivity contribution in [3.63, 3.8) is 0 Å². The predicted octanol–water partition coefficient (Wildman–Crippen LogP) is 3.00. The van der Waals surface area contributed by atoms with Crippen LogP contribution >= 0.6 is 0 Å². The topological polar surface area (TPSA) is 82.9 Å². The van der Waals surface area contributed by atoms with Crippen LogP contribution in [0, 0.1) is 13.8 Å².